The molecular formula is C10H10ClFO2. The van der Waals surface area contributed by atoms with E-state index in [2.05, 4.69) is 0 Å². The van der Waals surface area contributed by atoms with Crippen LogP contribution in [0, 0.1) is 11.7 Å². The Kier molecular flexibility index (Phi) is 3.11. The van der Waals surface area contributed by atoms with E-state index >= 15 is 0 Å². The molecule has 0 atom stereocenters. The highest BCUT2D eigenvalue weighted by Crippen LogP contribution is 2.30. The van der Waals surface area contributed by atoms with E-state index in [4.69, 9.17) is 11.6 Å². The minimum atomic E-state index is -0.628. The Morgan fingerprint density at radius 2 is 2.07 bits per heavy atom. The van der Waals surface area contributed by atoms with Crippen molar-refractivity contribution in [1.82, 2.24) is 0 Å². The topological polar surface area (TPSA) is 37.3 Å². The highest BCUT2D eigenvalue weighted by Gasteiger charge is 2.18. The van der Waals surface area contributed by atoms with Gasteiger partial charge in [0.05, 0.1) is 10.6 Å². The second-order valence-corrected chi connectivity index (χ2v) is 3.71. The standard InChI is InChI=1S/C10H10ClFO2/c1-5(2)9(13)7-3-6(12)4-8(11)10(7)14/h3-5,14H,1-2H3. The first kappa shape index (κ1) is 11.0. The number of phenols is 1. The lowest BCUT2D eigenvalue weighted by Gasteiger charge is -2.07. The van der Waals surface area contributed by atoms with Crippen molar-refractivity contribution in [2.75, 3.05) is 0 Å². The van der Waals surface area contributed by atoms with Crippen LogP contribution >= 0.6 is 11.6 Å². The molecule has 0 unspecified atom stereocenters. The van der Waals surface area contributed by atoms with E-state index in [1.807, 2.05) is 0 Å². The van der Waals surface area contributed by atoms with Crippen molar-refractivity contribution in [3.05, 3.63) is 28.5 Å². The Hall–Kier alpha value is -1.09. The molecule has 0 fully saturated rings. The number of hydrogen-bond acceptors (Lipinski definition) is 2. The SMILES string of the molecule is CC(C)C(=O)c1cc(F)cc(Cl)c1O. The molecule has 0 aromatic heterocycles. The number of benzene rings is 1. The summed E-state index contributed by atoms with van der Waals surface area (Å²) in [6.45, 7) is 3.33. The Morgan fingerprint density at radius 3 is 2.57 bits per heavy atom. The predicted octanol–water partition coefficient (Wildman–Crippen LogP) is 3.02. The Morgan fingerprint density at radius 1 is 1.50 bits per heavy atom. The fourth-order valence-electron chi connectivity index (χ4n) is 1.06. The van der Waals surface area contributed by atoms with Crippen LogP contribution in [-0.2, 0) is 0 Å². The van der Waals surface area contributed by atoms with Gasteiger partial charge in [-0.3, -0.25) is 4.79 Å². The van der Waals surface area contributed by atoms with Crippen LogP contribution in [-0.4, -0.2) is 10.9 Å². The number of Topliss-reactive ketones (excluding diaryl/α,β-unsaturated/α-hetero) is 1. The van der Waals surface area contributed by atoms with Gasteiger partial charge in [-0.2, -0.15) is 0 Å². The van der Waals surface area contributed by atoms with Crippen LogP contribution in [0.15, 0.2) is 12.1 Å². The summed E-state index contributed by atoms with van der Waals surface area (Å²) in [4.78, 5) is 11.5. The lowest BCUT2D eigenvalue weighted by atomic mass is 10.0. The summed E-state index contributed by atoms with van der Waals surface area (Å²) in [5.41, 5.74) is -0.0648. The van der Waals surface area contributed by atoms with Crippen molar-refractivity contribution < 1.29 is 14.3 Å². The maximum Gasteiger partial charge on any atom is 0.169 e. The van der Waals surface area contributed by atoms with Gasteiger partial charge < -0.3 is 5.11 Å². The molecule has 1 N–H and O–H groups in total. The van der Waals surface area contributed by atoms with Crippen molar-refractivity contribution in [3.63, 3.8) is 0 Å². The first-order valence-corrected chi connectivity index (χ1v) is 4.53. The number of ketones is 1. The predicted molar refractivity (Wildman–Crippen MR) is 52.2 cm³/mol. The number of aromatic hydroxyl groups is 1. The van der Waals surface area contributed by atoms with Crippen molar-refractivity contribution in [1.29, 1.82) is 0 Å². The average molecular weight is 217 g/mol. The van der Waals surface area contributed by atoms with Crippen LogP contribution in [0.5, 0.6) is 5.75 Å². The Labute approximate surface area is 86.3 Å². The minimum absolute atomic E-state index is 0.0648. The normalized spacial score (nSPS) is 10.6. The molecule has 76 valence electrons. The average Bonchev–Trinajstić information content (AvgIpc) is 2.09. The van der Waals surface area contributed by atoms with Gasteiger partial charge in [0.2, 0.25) is 0 Å². The van der Waals surface area contributed by atoms with E-state index < -0.39 is 5.82 Å². The molecule has 0 aliphatic rings. The number of hydrogen-bond donors (Lipinski definition) is 1. The number of rotatable bonds is 2. The number of halogens is 2. The number of carbonyl (C=O) groups excluding carboxylic acids is 1. The zero-order chi connectivity index (χ0) is 10.9. The molecule has 0 aliphatic heterocycles. The van der Waals surface area contributed by atoms with Gasteiger partial charge in [0.1, 0.15) is 11.6 Å². The summed E-state index contributed by atoms with van der Waals surface area (Å²) >= 11 is 5.53. The van der Waals surface area contributed by atoms with Crippen molar-refractivity contribution >= 4 is 17.4 Å². The monoisotopic (exact) mass is 216 g/mol. The molecular weight excluding hydrogens is 207 g/mol. The Bertz CT molecular complexity index is 375. The molecule has 1 aromatic carbocycles. The lowest BCUT2D eigenvalue weighted by molar-refractivity contribution is 0.0936. The van der Waals surface area contributed by atoms with Gasteiger partial charge in [-0.25, -0.2) is 4.39 Å². The third kappa shape index (κ3) is 2.04. The lowest BCUT2D eigenvalue weighted by Crippen LogP contribution is -2.08. The molecule has 2 nitrogen and oxygen atoms in total. The highest BCUT2D eigenvalue weighted by molar-refractivity contribution is 6.32. The van der Waals surface area contributed by atoms with Gasteiger partial charge in [-0.15, -0.1) is 0 Å². The molecule has 14 heavy (non-hydrogen) atoms. The molecule has 0 spiro atoms. The van der Waals surface area contributed by atoms with Crippen LogP contribution in [0.4, 0.5) is 4.39 Å². The quantitative estimate of drug-likeness (QED) is 0.772. The highest BCUT2D eigenvalue weighted by atomic mass is 35.5. The first-order valence-electron chi connectivity index (χ1n) is 4.15. The summed E-state index contributed by atoms with van der Waals surface area (Å²) in [5, 5.41) is 9.28. The zero-order valence-corrected chi connectivity index (χ0v) is 8.60. The summed E-state index contributed by atoms with van der Waals surface area (Å²) in [5.74, 6) is -1.62. The van der Waals surface area contributed by atoms with Gasteiger partial charge in [0, 0.05) is 5.92 Å². The third-order valence-corrected chi connectivity index (χ3v) is 2.11. The van der Waals surface area contributed by atoms with E-state index in [9.17, 15) is 14.3 Å². The second kappa shape index (κ2) is 3.96. The van der Waals surface area contributed by atoms with Crippen LogP contribution in [0.25, 0.3) is 0 Å². The van der Waals surface area contributed by atoms with Crippen molar-refractivity contribution in [2.24, 2.45) is 5.92 Å². The maximum absolute atomic E-state index is 12.9. The van der Waals surface area contributed by atoms with Gasteiger partial charge >= 0.3 is 0 Å². The Balaban J connectivity index is 3.27. The maximum atomic E-state index is 12.9. The van der Waals surface area contributed by atoms with Crippen LogP contribution in [0.3, 0.4) is 0 Å². The summed E-state index contributed by atoms with van der Waals surface area (Å²) in [7, 11) is 0. The van der Waals surface area contributed by atoms with Gasteiger partial charge in [-0.05, 0) is 12.1 Å². The van der Waals surface area contributed by atoms with Gasteiger partial charge in [0.15, 0.2) is 5.78 Å². The number of phenolic OH excluding ortho intramolecular Hbond substituents is 1. The molecule has 1 rings (SSSR count). The van der Waals surface area contributed by atoms with Crippen LogP contribution < -0.4 is 0 Å². The van der Waals surface area contributed by atoms with E-state index in [0.29, 0.717) is 0 Å². The van der Waals surface area contributed by atoms with E-state index in [-0.39, 0.29) is 28.0 Å². The molecule has 0 radical (unpaired) electrons. The molecule has 0 saturated heterocycles. The van der Waals surface area contributed by atoms with E-state index in [1.54, 1.807) is 13.8 Å². The summed E-state index contributed by atoms with van der Waals surface area (Å²) in [6.07, 6.45) is 0. The molecule has 0 aliphatic carbocycles. The van der Waals surface area contributed by atoms with E-state index in [1.165, 1.54) is 0 Å². The van der Waals surface area contributed by atoms with Gasteiger partial charge in [-0.1, -0.05) is 25.4 Å². The first-order chi connectivity index (χ1) is 6.43. The molecule has 0 saturated carbocycles. The van der Waals surface area contributed by atoms with Gasteiger partial charge in [0.25, 0.3) is 0 Å². The zero-order valence-electron chi connectivity index (χ0n) is 7.84. The van der Waals surface area contributed by atoms with Crippen LogP contribution in [0.2, 0.25) is 5.02 Å². The van der Waals surface area contributed by atoms with Crippen molar-refractivity contribution in [2.45, 2.75) is 13.8 Å². The molecule has 0 heterocycles. The van der Waals surface area contributed by atoms with E-state index in [0.717, 1.165) is 12.1 Å². The second-order valence-electron chi connectivity index (χ2n) is 3.30. The molecule has 0 amide bonds. The molecule has 1 aromatic rings. The largest absolute Gasteiger partial charge is 0.506 e. The summed E-state index contributed by atoms with van der Waals surface area (Å²) in [6, 6.07) is 1.96. The third-order valence-electron chi connectivity index (χ3n) is 1.82. The minimum Gasteiger partial charge on any atom is -0.506 e. The fourth-order valence-corrected chi connectivity index (χ4v) is 1.27. The summed E-state index contributed by atoms with van der Waals surface area (Å²) < 4.78 is 12.9. The smallest absolute Gasteiger partial charge is 0.169 e. The number of carbonyl (C=O) groups is 1. The van der Waals surface area contributed by atoms with Crippen LogP contribution in [0.1, 0.15) is 24.2 Å². The van der Waals surface area contributed by atoms with Crippen molar-refractivity contribution in [3.8, 4) is 5.75 Å². The fraction of sp³-hybridized carbons (Fsp3) is 0.300. The molecule has 4 heteroatoms. The molecule has 0 bridgehead atoms.